The number of rotatable bonds is 1. The number of hydrogen-bond acceptors (Lipinski definition) is 2. The Morgan fingerprint density at radius 1 is 0.727 bits per heavy atom. The maximum absolute atomic E-state index is 4.58. The van der Waals surface area contributed by atoms with E-state index in [4.69, 9.17) is 0 Å². The van der Waals surface area contributed by atoms with Crippen molar-refractivity contribution in [3.8, 4) is 0 Å². The standard InChI is InChI=1S/C13H9N.C7H7N/c1-3-7-12-10(5-1)9-11-6-2-4-8-13(11)14-12;1-2-7-5-3-4-6-8-7/h1-9H;2-6H,1H2. The van der Waals surface area contributed by atoms with Gasteiger partial charge in [0.1, 0.15) is 0 Å². The molecule has 106 valence electrons. The number of benzene rings is 2. The Balaban J connectivity index is 0.000000154. The Labute approximate surface area is 129 Å². The van der Waals surface area contributed by atoms with Crippen LogP contribution in [0.5, 0.6) is 0 Å². The lowest BCUT2D eigenvalue weighted by molar-refractivity contribution is 1.30. The van der Waals surface area contributed by atoms with Gasteiger partial charge < -0.3 is 0 Å². The highest BCUT2D eigenvalue weighted by Crippen LogP contribution is 2.18. The van der Waals surface area contributed by atoms with Crippen LogP contribution in [-0.4, -0.2) is 9.97 Å². The van der Waals surface area contributed by atoms with Crippen molar-refractivity contribution in [2.75, 3.05) is 0 Å². The fourth-order valence-corrected chi connectivity index (χ4v) is 2.22. The molecule has 0 bridgehead atoms. The van der Waals surface area contributed by atoms with Crippen LogP contribution >= 0.6 is 0 Å². The van der Waals surface area contributed by atoms with Gasteiger partial charge in [-0.3, -0.25) is 4.98 Å². The van der Waals surface area contributed by atoms with Crippen LogP contribution in [0, 0.1) is 0 Å². The topological polar surface area (TPSA) is 25.8 Å². The van der Waals surface area contributed by atoms with Crippen molar-refractivity contribution in [2.45, 2.75) is 0 Å². The molecule has 0 aliphatic carbocycles. The summed E-state index contributed by atoms with van der Waals surface area (Å²) >= 11 is 0. The number of aromatic nitrogens is 2. The molecule has 4 aromatic rings. The van der Waals surface area contributed by atoms with E-state index in [-0.39, 0.29) is 0 Å². The number of pyridine rings is 2. The quantitative estimate of drug-likeness (QED) is 0.454. The van der Waals surface area contributed by atoms with Crippen molar-refractivity contribution in [1.29, 1.82) is 0 Å². The molecule has 0 saturated heterocycles. The molecular weight excluding hydrogens is 268 g/mol. The van der Waals surface area contributed by atoms with Crippen molar-refractivity contribution in [3.63, 3.8) is 0 Å². The van der Waals surface area contributed by atoms with Gasteiger partial charge in [-0.05, 0) is 36.4 Å². The van der Waals surface area contributed by atoms with Crippen LogP contribution in [0.2, 0.25) is 0 Å². The summed E-state index contributed by atoms with van der Waals surface area (Å²) in [6.07, 6.45) is 3.47. The van der Waals surface area contributed by atoms with Crippen molar-refractivity contribution in [3.05, 3.63) is 91.3 Å². The highest BCUT2D eigenvalue weighted by Gasteiger charge is 1.96. The van der Waals surface area contributed by atoms with E-state index in [0.717, 1.165) is 16.7 Å². The van der Waals surface area contributed by atoms with Gasteiger partial charge in [-0.25, -0.2) is 4.98 Å². The Hall–Kier alpha value is -3.00. The molecule has 2 heteroatoms. The lowest BCUT2D eigenvalue weighted by Crippen LogP contribution is -1.80. The lowest BCUT2D eigenvalue weighted by Gasteiger charge is -1.99. The zero-order valence-corrected chi connectivity index (χ0v) is 12.2. The minimum Gasteiger partial charge on any atom is -0.257 e. The first-order chi connectivity index (χ1) is 10.9. The minimum absolute atomic E-state index is 0.924. The van der Waals surface area contributed by atoms with Gasteiger partial charge in [-0.2, -0.15) is 0 Å². The normalized spacial score (nSPS) is 10.0. The van der Waals surface area contributed by atoms with E-state index in [2.05, 4.69) is 34.7 Å². The first kappa shape index (κ1) is 14.0. The molecule has 0 fully saturated rings. The van der Waals surface area contributed by atoms with Crippen LogP contribution in [0.15, 0.2) is 85.6 Å². The Morgan fingerprint density at radius 3 is 1.82 bits per heavy atom. The number of fused-ring (bicyclic) bond motifs is 2. The monoisotopic (exact) mass is 284 g/mol. The molecule has 4 rings (SSSR count). The molecule has 2 heterocycles. The number of hydrogen-bond donors (Lipinski definition) is 0. The van der Waals surface area contributed by atoms with Crippen LogP contribution < -0.4 is 0 Å². The zero-order chi connectivity index (χ0) is 15.2. The summed E-state index contributed by atoms with van der Waals surface area (Å²) in [6, 6.07) is 24.3. The van der Waals surface area contributed by atoms with Crippen LogP contribution in [-0.2, 0) is 0 Å². The van der Waals surface area contributed by atoms with E-state index in [1.54, 1.807) is 12.3 Å². The van der Waals surface area contributed by atoms with E-state index in [9.17, 15) is 0 Å². The fraction of sp³-hybridized carbons (Fsp3) is 0. The van der Waals surface area contributed by atoms with Crippen LogP contribution in [0.1, 0.15) is 5.69 Å². The molecule has 0 amide bonds. The molecule has 2 aromatic carbocycles. The molecule has 0 radical (unpaired) electrons. The predicted molar refractivity (Wildman–Crippen MR) is 93.6 cm³/mol. The third kappa shape index (κ3) is 3.18. The fourth-order valence-electron chi connectivity index (χ4n) is 2.22. The van der Waals surface area contributed by atoms with Crippen LogP contribution in [0.4, 0.5) is 0 Å². The van der Waals surface area contributed by atoms with Gasteiger partial charge in [-0.1, -0.05) is 49.0 Å². The first-order valence-corrected chi connectivity index (χ1v) is 7.15. The molecule has 2 nitrogen and oxygen atoms in total. The molecule has 0 aliphatic rings. The molecular formula is C20H16N2. The minimum atomic E-state index is 0.924. The van der Waals surface area contributed by atoms with Crippen molar-refractivity contribution >= 4 is 27.9 Å². The summed E-state index contributed by atoms with van der Waals surface area (Å²) in [5, 5.41) is 2.40. The highest BCUT2D eigenvalue weighted by molar-refractivity contribution is 5.92. The van der Waals surface area contributed by atoms with Gasteiger partial charge in [0.2, 0.25) is 0 Å². The van der Waals surface area contributed by atoms with E-state index < -0.39 is 0 Å². The van der Waals surface area contributed by atoms with Crippen molar-refractivity contribution in [2.24, 2.45) is 0 Å². The van der Waals surface area contributed by atoms with E-state index >= 15 is 0 Å². The largest absolute Gasteiger partial charge is 0.257 e. The molecule has 0 spiro atoms. The number of nitrogens with zero attached hydrogens (tertiary/aromatic N) is 2. The Bertz CT molecular complexity index is 794. The van der Waals surface area contributed by atoms with Gasteiger partial charge in [-0.15, -0.1) is 0 Å². The third-order valence-electron chi connectivity index (χ3n) is 3.32. The Morgan fingerprint density at radius 2 is 1.32 bits per heavy atom. The summed E-state index contributed by atoms with van der Waals surface area (Å²) < 4.78 is 0. The molecule has 22 heavy (non-hydrogen) atoms. The predicted octanol–water partition coefficient (Wildman–Crippen LogP) is 5.11. The number of para-hydroxylation sites is 2. The second-order valence-corrected chi connectivity index (χ2v) is 4.83. The molecule has 0 saturated carbocycles. The summed E-state index contributed by atoms with van der Waals surface area (Å²) in [4.78, 5) is 8.56. The van der Waals surface area contributed by atoms with Crippen molar-refractivity contribution in [1.82, 2.24) is 9.97 Å². The summed E-state index contributed by atoms with van der Waals surface area (Å²) in [6.45, 7) is 3.57. The molecule has 0 unspecified atom stereocenters. The average molecular weight is 284 g/mol. The van der Waals surface area contributed by atoms with Gasteiger partial charge in [0.25, 0.3) is 0 Å². The van der Waals surface area contributed by atoms with E-state index in [0.29, 0.717) is 0 Å². The van der Waals surface area contributed by atoms with E-state index in [1.807, 2.05) is 54.6 Å². The van der Waals surface area contributed by atoms with Gasteiger partial charge in [0, 0.05) is 17.0 Å². The molecule has 0 aliphatic heterocycles. The molecule has 0 N–H and O–H groups in total. The summed E-state index contributed by atoms with van der Waals surface area (Å²) in [5.41, 5.74) is 3.05. The maximum Gasteiger partial charge on any atom is 0.0709 e. The molecule has 2 aromatic heterocycles. The van der Waals surface area contributed by atoms with Crippen LogP contribution in [0.25, 0.3) is 27.9 Å². The van der Waals surface area contributed by atoms with Crippen LogP contribution in [0.3, 0.4) is 0 Å². The summed E-state index contributed by atoms with van der Waals surface area (Å²) in [5.74, 6) is 0. The summed E-state index contributed by atoms with van der Waals surface area (Å²) in [7, 11) is 0. The lowest BCUT2D eigenvalue weighted by atomic mass is 10.1. The average Bonchev–Trinajstić information content (AvgIpc) is 2.61. The molecule has 0 atom stereocenters. The van der Waals surface area contributed by atoms with Gasteiger partial charge >= 0.3 is 0 Å². The zero-order valence-electron chi connectivity index (χ0n) is 12.2. The van der Waals surface area contributed by atoms with E-state index in [1.165, 1.54) is 10.8 Å². The third-order valence-corrected chi connectivity index (χ3v) is 3.32. The van der Waals surface area contributed by atoms with Gasteiger partial charge in [0.15, 0.2) is 0 Å². The maximum atomic E-state index is 4.58. The smallest absolute Gasteiger partial charge is 0.0709 e. The first-order valence-electron chi connectivity index (χ1n) is 7.15. The van der Waals surface area contributed by atoms with Crippen molar-refractivity contribution < 1.29 is 0 Å². The highest BCUT2D eigenvalue weighted by atomic mass is 14.7. The second-order valence-electron chi connectivity index (χ2n) is 4.83. The second kappa shape index (κ2) is 6.64. The van der Waals surface area contributed by atoms with Gasteiger partial charge in [0.05, 0.1) is 16.7 Å². The SMILES string of the molecule is C=Cc1ccccn1.c1ccc2nc3ccccc3cc2c1. The Kier molecular flexibility index (Phi) is 4.21.